The van der Waals surface area contributed by atoms with Gasteiger partial charge in [0.15, 0.2) is 0 Å². The van der Waals surface area contributed by atoms with Crippen LogP contribution in [0.5, 0.6) is 0 Å². The van der Waals surface area contributed by atoms with Crippen molar-refractivity contribution < 1.29 is 9.53 Å². The van der Waals surface area contributed by atoms with Gasteiger partial charge in [0.25, 0.3) is 0 Å². The van der Waals surface area contributed by atoms with Crippen LogP contribution in [0.15, 0.2) is 12.4 Å². The SMILES string of the molecule is O=C([C@@H]1CCO[C@@H]1CC1CCNCC1)N1CCc2nccnc2C1. The van der Waals surface area contributed by atoms with Crippen molar-refractivity contribution in [2.24, 2.45) is 11.8 Å². The molecule has 0 aliphatic carbocycles. The highest BCUT2D eigenvalue weighted by Gasteiger charge is 2.38. The molecule has 0 unspecified atom stereocenters. The minimum Gasteiger partial charge on any atom is -0.377 e. The average Bonchev–Trinajstić information content (AvgIpc) is 3.09. The molecule has 0 aromatic carbocycles. The summed E-state index contributed by atoms with van der Waals surface area (Å²) in [6, 6.07) is 0. The number of aromatic nitrogens is 2. The zero-order chi connectivity index (χ0) is 16.4. The van der Waals surface area contributed by atoms with Crippen molar-refractivity contribution >= 4 is 5.91 Å². The number of carbonyl (C=O) groups excluding carboxylic acids is 1. The van der Waals surface area contributed by atoms with Crippen LogP contribution in [0.4, 0.5) is 0 Å². The zero-order valence-electron chi connectivity index (χ0n) is 14.1. The molecule has 6 heteroatoms. The number of ether oxygens (including phenoxy) is 1. The predicted molar refractivity (Wildman–Crippen MR) is 89.2 cm³/mol. The summed E-state index contributed by atoms with van der Waals surface area (Å²) in [5, 5.41) is 3.41. The number of carbonyl (C=O) groups is 1. The van der Waals surface area contributed by atoms with E-state index in [1.807, 2.05) is 4.90 Å². The highest BCUT2D eigenvalue weighted by atomic mass is 16.5. The topological polar surface area (TPSA) is 67.3 Å². The molecular weight excluding hydrogens is 304 g/mol. The fraction of sp³-hybridized carbons (Fsp3) is 0.722. The molecular formula is C18H26N4O2. The van der Waals surface area contributed by atoms with E-state index in [1.165, 1.54) is 12.8 Å². The summed E-state index contributed by atoms with van der Waals surface area (Å²) in [5.41, 5.74) is 1.99. The van der Waals surface area contributed by atoms with E-state index in [0.717, 1.165) is 56.9 Å². The van der Waals surface area contributed by atoms with E-state index in [2.05, 4.69) is 15.3 Å². The molecule has 1 aromatic rings. The highest BCUT2D eigenvalue weighted by Crippen LogP contribution is 2.31. The summed E-state index contributed by atoms with van der Waals surface area (Å²) in [6.45, 7) is 4.26. The Bertz CT molecular complexity index is 588. The molecule has 2 atom stereocenters. The summed E-state index contributed by atoms with van der Waals surface area (Å²) in [6.07, 6.45) is 8.65. The number of hydrogen-bond donors (Lipinski definition) is 1. The van der Waals surface area contributed by atoms with Crippen molar-refractivity contribution in [3.63, 3.8) is 0 Å². The van der Waals surface area contributed by atoms with Gasteiger partial charge >= 0.3 is 0 Å². The molecule has 1 N–H and O–H groups in total. The number of piperidine rings is 1. The molecule has 3 aliphatic heterocycles. The van der Waals surface area contributed by atoms with Gasteiger partial charge in [-0.1, -0.05) is 0 Å². The molecule has 1 aromatic heterocycles. The third kappa shape index (κ3) is 3.30. The molecule has 4 heterocycles. The molecule has 2 saturated heterocycles. The first-order valence-corrected chi connectivity index (χ1v) is 9.21. The minimum absolute atomic E-state index is 0.0260. The first-order chi connectivity index (χ1) is 11.8. The van der Waals surface area contributed by atoms with E-state index >= 15 is 0 Å². The first-order valence-electron chi connectivity index (χ1n) is 9.21. The maximum atomic E-state index is 13.0. The van der Waals surface area contributed by atoms with E-state index in [-0.39, 0.29) is 17.9 Å². The largest absolute Gasteiger partial charge is 0.377 e. The second-order valence-corrected chi connectivity index (χ2v) is 7.19. The fourth-order valence-corrected chi connectivity index (χ4v) is 4.27. The second kappa shape index (κ2) is 7.15. The number of nitrogens with one attached hydrogen (secondary N) is 1. The predicted octanol–water partition coefficient (Wildman–Crippen LogP) is 1.16. The van der Waals surface area contributed by atoms with E-state index in [0.29, 0.717) is 12.5 Å². The molecule has 2 fully saturated rings. The molecule has 0 radical (unpaired) electrons. The normalized spacial score (nSPS) is 27.9. The third-order valence-electron chi connectivity index (χ3n) is 5.68. The number of fused-ring (bicyclic) bond motifs is 1. The Morgan fingerprint density at radius 2 is 2.00 bits per heavy atom. The van der Waals surface area contributed by atoms with Crippen LogP contribution in [-0.2, 0) is 22.5 Å². The van der Waals surface area contributed by atoms with Gasteiger partial charge in [0.2, 0.25) is 5.91 Å². The molecule has 4 rings (SSSR count). The number of rotatable bonds is 3. The molecule has 6 nitrogen and oxygen atoms in total. The standard InChI is InChI=1S/C18H26N4O2/c23-18(22-9-3-15-16(12-22)21-8-7-20-15)14-4-10-24-17(14)11-13-1-5-19-6-2-13/h7-8,13-14,17,19H,1-6,9-12H2/t14-,17-/m1/s1. The summed E-state index contributed by atoms with van der Waals surface area (Å²) >= 11 is 0. The van der Waals surface area contributed by atoms with Crippen molar-refractivity contribution in [3.8, 4) is 0 Å². The lowest BCUT2D eigenvalue weighted by Gasteiger charge is -2.32. The van der Waals surface area contributed by atoms with Crippen LogP contribution >= 0.6 is 0 Å². The van der Waals surface area contributed by atoms with Crippen molar-refractivity contribution in [1.82, 2.24) is 20.2 Å². The lowest BCUT2D eigenvalue weighted by Crippen LogP contribution is -2.43. The van der Waals surface area contributed by atoms with Crippen molar-refractivity contribution in [2.75, 3.05) is 26.2 Å². The van der Waals surface area contributed by atoms with Gasteiger partial charge in [-0.15, -0.1) is 0 Å². The third-order valence-corrected chi connectivity index (χ3v) is 5.68. The minimum atomic E-state index is 0.0260. The molecule has 130 valence electrons. The second-order valence-electron chi connectivity index (χ2n) is 7.19. The monoisotopic (exact) mass is 330 g/mol. The Hall–Kier alpha value is -1.53. The molecule has 0 spiro atoms. The zero-order valence-corrected chi connectivity index (χ0v) is 14.1. The van der Waals surface area contributed by atoms with Gasteiger partial charge in [-0.05, 0) is 44.7 Å². The Morgan fingerprint density at radius 3 is 2.83 bits per heavy atom. The lowest BCUT2D eigenvalue weighted by molar-refractivity contribution is -0.138. The van der Waals surface area contributed by atoms with Crippen LogP contribution in [0.2, 0.25) is 0 Å². The van der Waals surface area contributed by atoms with E-state index < -0.39 is 0 Å². The van der Waals surface area contributed by atoms with Crippen molar-refractivity contribution in [3.05, 3.63) is 23.8 Å². The van der Waals surface area contributed by atoms with Gasteiger partial charge in [0.05, 0.1) is 30.0 Å². The van der Waals surface area contributed by atoms with Crippen LogP contribution in [-0.4, -0.2) is 53.1 Å². The Morgan fingerprint density at radius 1 is 1.21 bits per heavy atom. The van der Waals surface area contributed by atoms with Gasteiger partial charge in [0.1, 0.15) is 0 Å². The molecule has 1 amide bonds. The summed E-state index contributed by atoms with van der Waals surface area (Å²) in [7, 11) is 0. The van der Waals surface area contributed by atoms with Gasteiger partial charge in [0, 0.05) is 32.0 Å². The molecule has 24 heavy (non-hydrogen) atoms. The molecule has 3 aliphatic rings. The summed E-state index contributed by atoms with van der Waals surface area (Å²) in [5.74, 6) is 0.971. The van der Waals surface area contributed by atoms with Gasteiger partial charge in [-0.2, -0.15) is 0 Å². The fourth-order valence-electron chi connectivity index (χ4n) is 4.27. The van der Waals surface area contributed by atoms with E-state index in [4.69, 9.17) is 4.74 Å². The van der Waals surface area contributed by atoms with E-state index in [9.17, 15) is 4.79 Å². The molecule has 0 saturated carbocycles. The summed E-state index contributed by atoms with van der Waals surface area (Å²) < 4.78 is 5.95. The van der Waals surface area contributed by atoms with E-state index in [1.54, 1.807) is 12.4 Å². The summed E-state index contributed by atoms with van der Waals surface area (Å²) in [4.78, 5) is 23.8. The van der Waals surface area contributed by atoms with Crippen LogP contribution < -0.4 is 5.32 Å². The van der Waals surface area contributed by atoms with Gasteiger partial charge < -0.3 is 15.0 Å². The number of amides is 1. The smallest absolute Gasteiger partial charge is 0.228 e. The first kappa shape index (κ1) is 16.0. The highest BCUT2D eigenvalue weighted by molar-refractivity contribution is 5.80. The van der Waals surface area contributed by atoms with Gasteiger partial charge in [-0.3, -0.25) is 14.8 Å². The molecule has 0 bridgehead atoms. The number of hydrogen-bond acceptors (Lipinski definition) is 5. The van der Waals surface area contributed by atoms with Crippen molar-refractivity contribution in [1.29, 1.82) is 0 Å². The van der Waals surface area contributed by atoms with Crippen LogP contribution in [0, 0.1) is 11.8 Å². The maximum Gasteiger partial charge on any atom is 0.228 e. The van der Waals surface area contributed by atoms with Crippen LogP contribution in [0.3, 0.4) is 0 Å². The Labute approximate surface area is 143 Å². The van der Waals surface area contributed by atoms with Gasteiger partial charge in [-0.25, -0.2) is 0 Å². The van der Waals surface area contributed by atoms with Crippen LogP contribution in [0.1, 0.15) is 37.1 Å². The van der Waals surface area contributed by atoms with Crippen LogP contribution in [0.25, 0.3) is 0 Å². The number of nitrogens with zero attached hydrogens (tertiary/aromatic N) is 3. The van der Waals surface area contributed by atoms with Crippen molar-refractivity contribution in [2.45, 2.75) is 44.8 Å². The maximum absolute atomic E-state index is 13.0. The average molecular weight is 330 g/mol. The Balaban J connectivity index is 1.40. The lowest BCUT2D eigenvalue weighted by atomic mass is 9.86. The Kier molecular flexibility index (Phi) is 4.76. The quantitative estimate of drug-likeness (QED) is 0.901.